The number of amides is 2. The third-order valence-electron chi connectivity index (χ3n) is 9.53. The molecule has 0 bridgehead atoms. The number of hydrogen-bond acceptors (Lipinski definition) is 5. The van der Waals surface area contributed by atoms with E-state index < -0.39 is 6.10 Å². The predicted molar refractivity (Wildman–Crippen MR) is 152 cm³/mol. The van der Waals surface area contributed by atoms with Gasteiger partial charge in [0.1, 0.15) is 0 Å². The lowest BCUT2D eigenvalue weighted by atomic mass is 9.61. The molecule has 2 atom stereocenters. The fourth-order valence-electron chi connectivity index (χ4n) is 7.19. The maximum Gasteiger partial charge on any atom is 0.254 e. The molecule has 0 aromatic heterocycles. The van der Waals surface area contributed by atoms with E-state index in [-0.39, 0.29) is 53.7 Å². The van der Waals surface area contributed by atoms with Crippen molar-refractivity contribution < 1.29 is 19.8 Å². The minimum atomic E-state index is -0.676. The zero-order valence-corrected chi connectivity index (χ0v) is 23.7. The first-order valence-electron chi connectivity index (χ1n) is 14.0. The third kappa shape index (κ3) is 5.22. The molecule has 7 nitrogen and oxygen atoms in total. The zero-order valence-electron chi connectivity index (χ0n) is 22.9. The van der Waals surface area contributed by atoms with Gasteiger partial charge >= 0.3 is 0 Å². The fraction of sp³-hybridized carbons (Fsp3) is 0.548. The lowest BCUT2D eigenvalue weighted by Gasteiger charge is -2.50. The van der Waals surface area contributed by atoms with Crippen LogP contribution in [0.3, 0.4) is 0 Å². The Morgan fingerprint density at radius 2 is 1.79 bits per heavy atom. The molecule has 1 saturated carbocycles. The van der Waals surface area contributed by atoms with E-state index in [1.54, 1.807) is 17.0 Å². The monoisotopic (exact) mass is 553 g/mol. The minimum absolute atomic E-state index is 0. The van der Waals surface area contributed by atoms with Crippen LogP contribution in [0.4, 0.5) is 0 Å². The van der Waals surface area contributed by atoms with E-state index in [9.17, 15) is 19.8 Å². The van der Waals surface area contributed by atoms with Gasteiger partial charge in [-0.2, -0.15) is 0 Å². The van der Waals surface area contributed by atoms with Gasteiger partial charge in [0.05, 0.1) is 12.2 Å². The standard InChI is InChI=1S/C31H39N3O4.ClH/c1-30(2)19-34(18-27(36)26-14-20-5-3-4-6-22(20)17-32-26)29(38)24-8-7-21(13-25(24)30)28(37)33-11-9-31(10-12-33)15-23(35)16-31;/h3-8,13,23,26-27,32,35-36H,9-12,14-19H2,1-2H3;1H/t26-,27+;/m0./s1. The largest absolute Gasteiger partial charge is 0.393 e. The number of halogens is 1. The van der Waals surface area contributed by atoms with Gasteiger partial charge in [-0.15, -0.1) is 12.4 Å². The number of benzene rings is 2. The normalized spacial score (nSPS) is 24.3. The SMILES string of the molecule is CC1(C)CN(C[C@@H](O)[C@@H]2Cc3ccccc3CN2)C(=O)c2ccc(C(=O)N3CCC4(CC3)CC(O)C4)cc21.Cl. The number of nitrogens with zero attached hydrogens (tertiary/aromatic N) is 2. The van der Waals surface area contributed by atoms with Gasteiger partial charge in [-0.25, -0.2) is 0 Å². The molecule has 4 aliphatic rings. The molecule has 3 aliphatic heterocycles. The second kappa shape index (κ2) is 10.5. The molecule has 3 heterocycles. The lowest BCUT2D eigenvalue weighted by Crippen LogP contribution is -2.54. The number of rotatable bonds is 4. The summed E-state index contributed by atoms with van der Waals surface area (Å²) in [4.78, 5) is 30.6. The van der Waals surface area contributed by atoms with Crippen molar-refractivity contribution in [2.45, 2.75) is 76.2 Å². The Hall–Kier alpha value is -2.45. The quantitative estimate of drug-likeness (QED) is 0.540. The van der Waals surface area contributed by atoms with Crippen LogP contribution < -0.4 is 5.32 Å². The molecule has 2 amide bonds. The van der Waals surface area contributed by atoms with E-state index in [1.165, 1.54) is 11.1 Å². The van der Waals surface area contributed by atoms with Crippen molar-refractivity contribution in [1.29, 1.82) is 0 Å². The first kappa shape index (κ1) is 28.1. The topological polar surface area (TPSA) is 93.1 Å². The van der Waals surface area contributed by atoms with Crippen LogP contribution >= 0.6 is 12.4 Å². The van der Waals surface area contributed by atoms with Gasteiger partial charge in [-0.3, -0.25) is 9.59 Å². The number of nitrogens with one attached hydrogen (secondary N) is 1. The number of carbonyl (C=O) groups excluding carboxylic acids is 2. The Morgan fingerprint density at radius 1 is 1.10 bits per heavy atom. The van der Waals surface area contributed by atoms with Crippen molar-refractivity contribution in [3.63, 3.8) is 0 Å². The Morgan fingerprint density at radius 3 is 2.49 bits per heavy atom. The number of likely N-dealkylation sites (tertiary alicyclic amines) is 1. The van der Waals surface area contributed by atoms with Crippen LogP contribution in [-0.2, 0) is 18.4 Å². The maximum absolute atomic E-state index is 13.5. The van der Waals surface area contributed by atoms with Crippen LogP contribution in [0.25, 0.3) is 0 Å². The second-order valence-corrected chi connectivity index (χ2v) is 12.7. The third-order valence-corrected chi connectivity index (χ3v) is 9.53. The van der Waals surface area contributed by atoms with E-state index in [2.05, 4.69) is 31.3 Å². The van der Waals surface area contributed by atoms with E-state index >= 15 is 0 Å². The molecule has 2 aromatic rings. The number of carbonyl (C=O) groups is 2. The van der Waals surface area contributed by atoms with E-state index in [0.29, 0.717) is 17.7 Å². The van der Waals surface area contributed by atoms with Crippen LogP contribution in [0.5, 0.6) is 0 Å². The second-order valence-electron chi connectivity index (χ2n) is 12.7. The van der Waals surface area contributed by atoms with Crippen LogP contribution in [-0.4, -0.2) is 76.3 Å². The molecule has 39 heavy (non-hydrogen) atoms. The van der Waals surface area contributed by atoms with Gasteiger partial charge in [-0.1, -0.05) is 38.1 Å². The van der Waals surface area contributed by atoms with Gasteiger partial charge in [0.25, 0.3) is 11.8 Å². The first-order chi connectivity index (χ1) is 18.1. The molecule has 2 aromatic carbocycles. The molecular weight excluding hydrogens is 514 g/mol. The Balaban J connectivity index is 0.00000308. The summed E-state index contributed by atoms with van der Waals surface area (Å²) in [5, 5.41) is 24.3. The fourth-order valence-corrected chi connectivity index (χ4v) is 7.19. The smallest absolute Gasteiger partial charge is 0.254 e. The number of hydrogen-bond donors (Lipinski definition) is 3. The van der Waals surface area contributed by atoms with Gasteiger partial charge < -0.3 is 25.3 Å². The van der Waals surface area contributed by atoms with Crippen LogP contribution in [0.1, 0.15) is 76.9 Å². The summed E-state index contributed by atoms with van der Waals surface area (Å²) in [6.45, 7) is 7.13. The molecule has 210 valence electrons. The average molecular weight is 554 g/mol. The molecule has 3 N–H and O–H groups in total. The summed E-state index contributed by atoms with van der Waals surface area (Å²) in [5.74, 6) is -0.0654. The molecule has 6 rings (SSSR count). The van der Waals surface area contributed by atoms with Crippen molar-refractivity contribution in [3.05, 3.63) is 70.3 Å². The Labute approximate surface area is 237 Å². The molecule has 2 fully saturated rings. The first-order valence-corrected chi connectivity index (χ1v) is 14.0. The number of aliphatic hydroxyl groups is 2. The van der Waals surface area contributed by atoms with Crippen LogP contribution in [0.2, 0.25) is 0 Å². The summed E-state index contributed by atoms with van der Waals surface area (Å²) in [6, 6.07) is 13.7. The lowest BCUT2D eigenvalue weighted by molar-refractivity contribution is -0.0637. The van der Waals surface area contributed by atoms with E-state index in [4.69, 9.17) is 0 Å². The number of aliphatic hydroxyl groups excluding tert-OH is 2. The minimum Gasteiger partial charge on any atom is -0.393 e. The summed E-state index contributed by atoms with van der Waals surface area (Å²) >= 11 is 0. The van der Waals surface area contributed by atoms with Crippen molar-refractivity contribution in [2.24, 2.45) is 5.41 Å². The van der Waals surface area contributed by atoms with Gasteiger partial charge in [0, 0.05) is 55.3 Å². The number of fused-ring (bicyclic) bond motifs is 2. The van der Waals surface area contributed by atoms with E-state index in [1.807, 2.05) is 23.1 Å². The molecule has 1 spiro atoms. The highest BCUT2D eigenvalue weighted by Gasteiger charge is 2.46. The number of β-amino-alcohol motifs (C(OH)–C–C–N with tert-alkyl or cyclic N) is 1. The molecule has 1 aliphatic carbocycles. The highest BCUT2D eigenvalue weighted by atomic mass is 35.5. The highest BCUT2D eigenvalue weighted by molar-refractivity contribution is 6.00. The summed E-state index contributed by atoms with van der Waals surface area (Å²) in [7, 11) is 0. The Kier molecular flexibility index (Phi) is 7.57. The summed E-state index contributed by atoms with van der Waals surface area (Å²) in [5.41, 5.74) is 4.54. The van der Waals surface area contributed by atoms with Crippen molar-refractivity contribution >= 4 is 24.2 Å². The summed E-state index contributed by atoms with van der Waals surface area (Å²) in [6.07, 6.45) is 3.51. The zero-order chi connectivity index (χ0) is 26.7. The van der Waals surface area contributed by atoms with Gasteiger partial charge in [-0.05, 0) is 72.4 Å². The van der Waals surface area contributed by atoms with Crippen molar-refractivity contribution in [1.82, 2.24) is 15.1 Å². The average Bonchev–Trinajstić information content (AvgIpc) is 2.90. The van der Waals surface area contributed by atoms with Gasteiger partial charge in [0.15, 0.2) is 0 Å². The number of piperidine rings is 1. The van der Waals surface area contributed by atoms with Crippen LogP contribution in [0.15, 0.2) is 42.5 Å². The maximum atomic E-state index is 13.5. The highest BCUT2D eigenvalue weighted by Crippen LogP contribution is 2.49. The summed E-state index contributed by atoms with van der Waals surface area (Å²) < 4.78 is 0. The molecule has 0 radical (unpaired) electrons. The van der Waals surface area contributed by atoms with Crippen molar-refractivity contribution in [2.75, 3.05) is 26.2 Å². The van der Waals surface area contributed by atoms with Gasteiger partial charge in [0.2, 0.25) is 0 Å². The molecule has 8 heteroatoms. The molecule has 0 unspecified atom stereocenters. The van der Waals surface area contributed by atoms with Crippen molar-refractivity contribution in [3.8, 4) is 0 Å². The van der Waals surface area contributed by atoms with Crippen LogP contribution in [0, 0.1) is 5.41 Å². The van der Waals surface area contributed by atoms with E-state index in [0.717, 1.165) is 57.3 Å². The predicted octanol–water partition coefficient (Wildman–Crippen LogP) is 3.29. The Bertz CT molecular complexity index is 1250. The molecule has 1 saturated heterocycles. The molecular formula is C31H40ClN3O4.